The first-order valence-electron chi connectivity index (χ1n) is 0.645. The summed E-state index contributed by atoms with van der Waals surface area (Å²) < 4.78 is 34.1. The fourth-order valence-corrected chi connectivity index (χ4v) is 0. The second kappa shape index (κ2) is 9.57. The topological polar surface area (TPSA) is 86.2 Å². The van der Waals surface area contributed by atoms with Crippen molar-refractivity contribution in [2.75, 3.05) is 0 Å². The first-order valence-corrected chi connectivity index (χ1v) is 4.71. The third-order valence-electron chi connectivity index (χ3n) is 0. The van der Waals surface area contributed by atoms with Crippen molar-refractivity contribution in [3.05, 3.63) is 0 Å². The average Bonchev–Trinajstić information content (AvgIpc) is 1.41. The van der Waals surface area contributed by atoms with Crippen LogP contribution in [0.2, 0.25) is 0 Å². The van der Waals surface area contributed by atoms with Crippen molar-refractivity contribution in [3.63, 3.8) is 0 Å². The van der Waals surface area contributed by atoms with Gasteiger partial charge in [-0.05, 0) is 0 Å². The molecule has 0 amide bonds. The van der Waals surface area contributed by atoms with Crippen LogP contribution in [0.3, 0.4) is 0 Å². The molecule has 0 aromatic heterocycles. The number of hydrogen-bond acceptors (Lipinski definition) is 4. The third kappa shape index (κ3) is 58.3. The second-order valence-corrected chi connectivity index (χ2v) is 1.27. The number of rotatable bonds is 0. The molecule has 6 heavy (non-hydrogen) atoms. The minimum absolute atomic E-state index is 0.194. The van der Waals surface area contributed by atoms with Crippen LogP contribution in [0.25, 0.3) is 0 Å². The standard InChI is InChI=1S/Bi.IO3.O/c;2-1(3)4;/q+1;-1;. The SMILES string of the molecule is [O-][I+2]([O-])[O-].[O]=[Bi+]. The van der Waals surface area contributed by atoms with Crippen molar-refractivity contribution in [2.24, 2.45) is 0 Å². The summed E-state index contributed by atoms with van der Waals surface area (Å²) in [6.45, 7) is 0. The van der Waals surface area contributed by atoms with Gasteiger partial charge in [-0.15, -0.1) is 0 Å². The monoisotopic (exact) mass is 400 g/mol. The van der Waals surface area contributed by atoms with E-state index in [1.165, 1.54) is 0 Å². The molecule has 0 aliphatic heterocycles. The molecule has 0 aromatic rings. The van der Waals surface area contributed by atoms with Gasteiger partial charge in [-0.3, -0.25) is 0 Å². The molecule has 4 nitrogen and oxygen atoms in total. The van der Waals surface area contributed by atoms with Gasteiger partial charge in [0.2, 0.25) is 0 Å². The van der Waals surface area contributed by atoms with E-state index in [-0.39, 0.29) is 24.7 Å². The molecule has 2 radical (unpaired) electrons. The van der Waals surface area contributed by atoms with E-state index >= 15 is 0 Å². The number of hydrogen-bond donors (Lipinski definition) is 0. The molecule has 0 saturated carbocycles. The van der Waals surface area contributed by atoms with Crippen LogP contribution >= 0.6 is 0 Å². The Morgan fingerprint density at radius 2 is 1.17 bits per heavy atom. The van der Waals surface area contributed by atoms with Crippen LogP contribution in [0.15, 0.2) is 0 Å². The molecular weight excluding hydrogens is 400 g/mol. The van der Waals surface area contributed by atoms with E-state index in [1.807, 2.05) is 0 Å². The Hall–Kier alpha value is 1.29. The molecule has 0 bridgehead atoms. The summed E-state index contributed by atoms with van der Waals surface area (Å²) in [6.07, 6.45) is 0. The maximum absolute atomic E-state index is 8.57. The Morgan fingerprint density at radius 3 is 1.17 bits per heavy atom. The quantitative estimate of drug-likeness (QED) is 0.299. The molecular formula is BiIO4. The van der Waals surface area contributed by atoms with Gasteiger partial charge in [-0.2, -0.15) is 0 Å². The van der Waals surface area contributed by atoms with Crippen LogP contribution in [0.4, 0.5) is 0 Å². The van der Waals surface area contributed by atoms with E-state index < -0.39 is 21.1 Å². The molecule has 0 heterocycles. The van der Waals surface area contributed by atoms with Crippen LogP contribution < -0.4 is 31.4 Å². The average molecular weight is 400 g/mol. The van der Waals surface area contributed by atoms with Crippen LogP contribution in [-0.2, 0) is 2.81 Å². The summed E-state index contributed by atoms with van der Waals surface area (Å²) in [5, 5.41) is 0. The van der Waals surface area contributed by atoms with Crippen LogP contribution in [0.5, 0.6) is 0 Å². The first kappa shape index (κ1) is 10.3. The zero-order chi connectivity index (χ0) is 5.58. The molecule has 0 spiro atoms. The van der Waals surface area contributed by atoms with E-state index in [2.05, 4.69) is 0 Å². The molecule has 0 N–H and O–H groups in total. The Kier molecular flexibility index (Phi) is 16.4. The fraction of sp³-hybridized carbons (Fsp3) is 0. The molecule has 6 heteroatoms. The Morgan fingerprint density at radius 1 is 1.17 bits per heavy atom. The van der Waals surface area contributed by atoms with Crippen molar-refractivity contribution in [1.29, 1.82) is 0 Å². The molecule has 0 unspecified atom stereocenters. The summed E-state index contributed by atoms with van der Waals surface area (Å²) in [7, 11) is 0. The van der Waals surface area contributed by atoms with E-state index in [0.29, 0.717) is 0 Å². The Bertz CT molecular complexity index is 18.8. The van der Waals surface area contributed by atoms with E-state index in [4.69, 9.17) is 13.1 Å². The predicted octanol–water partition coefficient (Wildman–Crippen LogP) is -7.06. The van der Waals surface area contributed by atoms with Gasteiger partial charge in [0.25, 0.3) is 21.1 Å². The van der Waals surface area contributed by atoms with Crippen LogP contribution in [0.1, 0.15) is 0 Å². The van der Waals surface area contributed by atoms with E-state index in [0.717, 1.165) is 0 Å². The van der Waals surface area contributed by atoms with Crippen molar-refractivity contribution in [2.45, 2.75) is 0 Å². The molecule has 0 atom stereocenters. The molecule has 0 aliphatic rings. The van der Waals surface area contributed by atoms with Crippen molar-refractivity contribution in [1.82, 2.24) is 0 Å². The Labute approximate surface area is 58.5 Å². The summed E-state index contributed by atoms with van der Waals surface area (Å²) in [4.78, 5) is 0. The van der Waals surface area contributed by atoms with E-state index in [9.17, 15) is 0 Å². The fourth-order valence-electron chi connectivity index (χ4n) is 0. The normalized spacial score (nSPS) is 6.67. The van der Waals surface area contributed by atoms with Gasteiger partial charge in [0.1, 0.15) is 0 Å². The molecule has 0 fully saturated rings. The van der Waals surface area contributed by atoms with E-state index in [1.54, 1.807) is 0 Å². The first-order chi connectivity index (χ1) is 2.73. The van der Waals surface area contributed by atoms with Crippen LogP contribution in [0, 0.1) is 0 Å². The molecule has 0 aromatic carbocycles. The predicted molar refractivity (Wildman–Crippen MR) is 6.44 cm³/mol. The minimum atomic E-state index is -4.01. The van der Waals surface area contributed by atoms with Gasteiger partial charge < -0.3 is 10.3 Å². The summed E-state index contributed by atoms with van der Waals surface area (Å²) in [5.41, 5.74) is 0. The molecule has 0 rings (SSSR count). The summed E-state index contributed by atoms with van der Waals surface area (Å²) in [5.74, 6) is 0. The third-order valence-corrected chi connectivity index (χ3v) is 0. The molecule has 0 aliphatic carbocycles. The zero-order valence-corrected chi connectivity index (χ0v) is 8.09. The van der Waals surface area contributed by atoms with Crippen LogP contribution in [-0.4, -0.2) is 24.7 Å². The van der Waals surface area contributed by atoms with Gasteiger partial charge in [0.15, 0.2) is 0 Å². The maximum atomic E-state index is 8.57. The molecule has 0 saturated heterocycles. The van der Waals surface area contributed by atoms with Crippen molar-refractivity contribution < 1.29 is 34.2 Å². The van der Waals surface area contributed by atoms with Crippen molar-refractivity contribution >= 4 is 24.7 Å². The summed E-state index contributed by atoms with van der Waals surface area (Å²) in [6, 6.07) is 0. The van der Waals surface area contributed by atoms with Crippen molar-refractivity contribution in [3.8, 4) is 0 Å². The van der Waals surface area contributed by atoms with Gasteiger partial charge in [0, 0.05) is 0 Å². The molecule has 36 valence electrons. The second-order valence-electron chi connectivity index (χ2n) is 0.189. The Balaban J connectivity index is 0. The summed E-state index contributed by atoms with van der Waals surface area (Å²) >= 11 is -3.82. The van der Waals surface area contributed by atoms with Gasteiger partial charge in [-0.25, -0.2) is 0 Å². The zero-order valence-electron chi connectivity index (χ0n) is 2.46. The number of halogens is 1. The van der Waals surface area contributed by atoms with Gasteiger partial charge in [0.05, 0.1) is 0 Å². The van der Waals surface area contributed by atoms with Gasteiger partial charge >= 0.3 is 27.5 Å². The van der Waals surface area contributed by atoms with Gasteiger partial charge in [-0.1, -0.05) is 0 Å².